The van der Waals surface area contributed by atoms with Crippen LogP contribution in [0.1, 0.15) is 30.5 Å². The van der Waals surface area contributed by atoms with E-state index in [1.54, 1.807) is 18.3 Å². The summed E-state index contributed by atoms with van der Waals surface area (Å²) in [6, 6.07) is 6.38. The smallest absolute Gasteiger partial charge is 0.271 e. The molecule has 6 heteroatoms. The number of hydrogen-bond acceptors (Lipinski definition) is 4. The van der Waals surface area contributed by atoms with Gasteiger partial charge < -0.3 is 5.73 Å². The summed E-state index contributed by atoms with van der Waals surface area (Å²) in [6.45, 7) is 3.80. The summed E-state index contributed by atoms with van der Waals surface area (Å²) in [5.41, 5.74) is 7.01. The molecule has 2 N–H and O–H groups in total. The molecule has 0 amide bonds. The van der Waals surface area contributed by atoms with E-state index in [1.165, 1.54) is 16.7 Å². The second-order valence-electron chi connectivity index (χ2n) is 6.16. The van der Waals surface area contributed by atoms with E-state index < -0.39 is 4.92 Å². The average molecular weight is 313 g/mol. The minimum absolute atomic E-state index is 0.0119. The fraction of sp³-hybridized carbons (Fsp3) is 0.353. The number of nitrogens with two attached hydrogens (primary N) is 1. The quantitative estimate of drug-likeness (QED) is 0.693. The average Bonchev–Trinajstić information content (AvgIpc) is 2.97. The van der Waals surface area contributed by atoms with Crippen molar-refractivity contribution >= 4 is 22.5 Å². The Bertz CT molecular complexity index is 793. The highest BCUT2D eigenvalue weighted by Gasteiger charge is 2.29. The first kappa shape index (κ1) is 15.3. The molecule has 120 valence electrons. The molecule has 1 saturated carbocycles. The molecule has 6 nitrogen and oxygen atoms in total. The van der Waals surface area contributed by atoms with Gasteiger partial charge in [-0.25, -0.2) is 0 Å². The van der Waals surface area contributed by atoms with Gasteiger partial charge in [-0.3, -0.25) is 19.5 Å². The number of rotatable bonds is 3. The van der Waals surface area contributed by atoms with Gasteiger partial charge in [0.15, 0.2) is 0 Å². The largest absolute Gasteiger partial charge is 0.402 e. The fourth-order valence-corrected chi connectivity index (χ4v) is 3.37. The van der Waals surface area contributed by atoms with Crippen LogP contribution in [0.4, 0.5) is 5.69 Å². The van der Waals surface area contributed by atoms with Crippen LogP contribution in [0, 0.1) is 22.0 Å². The number of nitrogens with zero attached hydrogens (tertiary/aromatic N) is 2. The van der Waals surface area contributed by atoms with Gasteiger partial charge in [0.2, 0.25) is 5.91 Å². The predicted molar refractivity (Wildman–Crippen MR) is 88.0 cm³/mol. The fourth-order valence-electron chi connectivity index (χ4n) is 3.37. The predicted octanol–water partition coefficient (Wildman–Crippen LogP) is 3.47. The van der Waals surface area contributed by atoms with Gasteiger partial charge in [-0.15, -0.1) is 0 Å². The lowest BCUT2D eigenvalue weighted by molar-refractivity contribution is -0.384. The van der Waals surface area contributed by atoms with Crippen molar-refractivity contribution in [2.24, 2.45) is 17.6 Å². The number of non-ortho nitro benzene ring substituents is 1. The van der Waals surface area contributed by atoms with Crippen LogP contribution in [0.2, 0.25) is 0 Å². The molecule has 23 heavy (non-hydrogen) atoms. The number of nitro benzene ring substituents is 1. The van der Waals surface area contributed by atoms with E-state index in [9.17, 15) is 14.9 Å². The van der Waals surface area contributed by atoms with Crippen molar-refractivity contribution in [3.8, 4) is 0 Å². The van der Waals surface area contributed by atoms with Crippen molar-refractivity contribution in [3.05, 3.63) is 52.9 Å². The molecule has 1 heterocycles. The molecule has 0 bridgehead atoms. The topological polar surface area (TPSA) is 91.2 Å². The molecule has 1 aromatic heterocycles. The third-order valence-corrected chi connectivity index (χ3v) is 4.67. The molecule has 0 aliphatic heterocycles. The SMILES string of the molecule is C=C(N)C1CCCC(C(=O)n2ccc3ccc([N+](=O)[O-])cc32)C1. The maximum absolute atomic E-state index is 12.8. The highest BCUT2D eigenvalue weighted by molar-refractivity contribution is 5.94. The van der Waals surface area contributed by atoms with Crippen LogP contribution in [0.5, 0.6) is 0 Å². The highest BCUT2D eigenvalue weighted by atomic mass is 16.6. The third kappa shape index (κ3) is 2.84. The van der Waals surface area contributed by atoms with Crippen molar-refractivity contribution < 1.29 is 9.72 Å². The van der Waals surface area contributed by atoms with E-state index in [0.717, 1.165) is 24.6 Å². The standard InChI is InChI=1S/C17H19N3O3/c1-11(18)13-3-2-4-14(9-13)17(21)19-8-7-12-5-6-15(20(22)23)10-16(12)19/h5-8,10,13-14H,1-4,9,18H2. The van der Waals surface area contributed by atoms with E-state index in [1.807, 2.05) is 0 Å². The van der Waals surface area contributed by atoms with Crippen LogP contribution >= 0.6 is 0 Å². The Balaban J connectivity index is 1.93. The summed E-state index contributed by atoms with van der Waals surface area (Å²) in [5, 5.41) is 11.8. The third-order valence-electron chi connectivity index (χ3n) is 4.67. The van der Waals surface area contributed by atoms with Crippen LogP contribution in [0.25, 0.3) is 10.9 Å². The van der Waals surface area contributed by atoms with Crippen LogP contribution in [0.15, 0.2) is 42.7 Å². The van der Waals surface area contributed by atoms with Gasteiger partial charge in [-0.05, 0) is 37.3 Å². The molecule has 1 aromatic carbocycles. The van der Waals surface area contributed by atoms with Crippen molar-refractivity contribution in [2.45, 2.75) is 25.7 Å². The van der Waals surface area contributed by atoms with E-state index in [4.69, 9.17) is 5.73 Å². The number of benzene rings is 1. The first-order chi connectivity index (χ1) is 11.0. The van der Waals surface area contributed by atoms with Crippen LogP contribution in [0.3, 0.4) is 0 Å². The normalized spacial score (nSPS) is 21.2. The molecule has 1 aliphatic rings. The number of nitro groups is 1. The van der Waals surface area contributed by atoms with E-state index in [0.29, 0.717) is 17.6 Å². The Labute approximate surface area is 133 Å². The van der Waals surface area contributed by atoms with Crippen molar-refractivity contribution in [1.82, 2.24) is 4.57 Å². The molecule has 3 rings (SSSR count). The summed E-state index contributed by atoms with van der Waals surface area (Å²) in [4.78, 5) is 23.4. The lowest BCUT2D eigenvalue weighted by Gasteiger charge is -2.28. The Morgan fingerprint density at radius 1 is 1.30 bits per heavy atom. The van der Waals surface area contributed by atoms with Gasteiger partial charge in [-0.1, -0.05) is 13.0 Å². The maximum Gasteiger partial charge on any atom is 0.271 e. The second kappa shape index (κ2) is 5.87. The summed E-state index contributed by atoms with van der Waals surface area (Å²) in [6.07, 6.45) is 5.12. The molecule has 0 radical (unpaired) electrons. The zero-order valence-corrected chi connectivity index (χ0v) is 12.8. The monoisotopic (exact) mass is 313 g/mol. The first-order valence-corrected chi connectivity index (χ1v) is 7.71. The molecule has 2 atom stereocenters. The number of carbonyl (C=O) groups excluding carboxylic acids is 1. The number of aromatic nitrogens is 1. The molecule has 1 aliphatic carbocycles. The van der Waals surface area contributed by atoms with Gasteiger partial charge in [0.25, 0.3) is 5.69 Å². The zero-order valence-electron chi connectivity index (χ0n) is 12.8. The summed E-state index contributed by atoms with van der Waals surface area (Å²) < 4.78 is 1.54. The van der Waals surface area contributed by atoms with Crippen molar-refractivity contribution in [2.75, 3.05) is 0 Å². The second-order valence-corrected chi connectivity index (χ2v) is 6.16. The molecule has 2 unspecified atom stereocenters. The zero-order chi connectivity index (χ0) is 16.6. The van der Waals surface area contributed by atoms with Gasteiger partial charge in [0.1, 0.15) is 0 Å². The molecule has 2 aromatic rings. The Morgan fingerprint density at radius 3 is 2.74 bits per heavy atom. The van der Waals surface area contributed by atoms with Crippen LogP contribution < -0.4 is 5.73 Å². The lowest BCUT2D eigenvalue weighted by atomic mass is 9.79. The number of fused-ring (bicyclic) bond motifs is 1. The number of carbonyl (C=O) groups is 1. The van der Waals surface area contributed by atoms with Crippen molar-refractivity contribution in [3.63, 3.8) is 0 Å². The van der Waals surface area contributed by atoms with Gasteiger partial charge >= 0.3 is 0 Å². The minimum Gasteiger partial charge on any atom is -0.402 e. The summed E-state index contributed by atoms with van der Waals surface area (Å²) >= 11 is 0. The molecule has 0 spiro atoms. The van der Waals surface area contributed by atoms with Crippen LogP contribution in [-0.4, -0.2) is 15.4 Å². The maximum atomic E-state index is 12.8. The summed E-state index contributed by atoms with van der Waals surface area (Å²) in [5.74, 6) is 0.0317. The Hall–Kier alpha value is -2.63. The molecular formula is C17H19N3O3. The molecule has 0 saturated heterocycles. The van der Waals surface area contributed by atoms with Crippen molar-refractivity contribution in [1.29, 1.82) is 0 Å². The first-order valence-electron chi connectivity index (χ1n) is 7.71. The van der Waals surface area contributed by atoms with Crippen LogP contribution in [-0.2, 0) is 0 Å². The Morgan fingerprint density at radius 2 is 2.04 bits per heavy atom. The minimum atomic E-state index is -0.448. The van der Waals surface area contributed by atoms with Gasteiger partial charge in [-0.2, -0.15) is 0 Å². The lowest BCUT2D eigenvalue weighted by Crippen LogP contribution is -2.28. The Kier molecular flexibility index (Phi) is 3.90. The van der Waals surface area contributed by atoms with E-state index in [2.05, 4.69) is 6.58 Å². The van der Waals surface area contributed by atoms with E-state index in [-0.39, 0.29) is 23.4 Å². The highest BCUT2D eigenvalue weighted by Crippen LogP contribution is 2.33. The van der Waals surface area contributed by atoms with Gasteiger partial charge in [0.05, 0.1) is 10.4 Å². The number of hydrogen-bond donors (Lipinski definition) is 1. The van der Waals surface area contributed by atoms with E-state index >= 15 is 0 Å². The summed E-state index contributed by atoms with van der Waals surface area (Å²) in [7, 11) is 0. The number of allylic oxidation sites excluding steroid dienone is 1. The molecular weight excluding hydrogens is 294 g/mol. The van der Waals surface area contributed by atoms with Gasteiger partial charge in [0, 0.05) is 35.3 Å². The molecule has 1 fully saturated rings.